The Kier molecular flexibility index (Phi) is 4.49. The zero-order valence-corrected chi connectivity index (χ0v) is 11.9. The van der Waals surface area contributed by atoms with Gasteiger partial charge >= 0.3 is 0 Å². The number of amides is 1. The molecule has 1 aromatic carbocycles. The number of carbonyl (C=O) groups excluding carboxylic acids is 1. The first-order valence-electron chi connectivity index (χ1n) is 6.10. The maximum Gasteiger partial charge on any atom is 0.270 e. The largest absolute Gasteiger partial charge is 0.348 e. The van der Waals surface area contributed by atoms with Crippen LogP contribution in [0.2, 0.25) is 5.02 Å². The molecule has 0 saturated carbocycles. The van der Waals surface area contributed by atoms with Crippen LogP contribution in [0.3, 0.4) is 0 Å². The lowest BCUT2D eigenvalue weighted by Gasteiger charge is -2.08. The van der Waals surface area contributed by atoms with Gasteiger partial charge in [0, 0.05) is 31.1 Å². The van der Waals surface area contributed by atoms with E-state index in [4.69, 9.17) is 11.6 Å². The predicted molar refractivity (Wildman–Crippen MR) is 78.3 cm³/mol. The van der Waals surface area contributed by atoms with Crippen LogP contribution in [0.25, 0.3) is 0 Å². The third kappa shape index (κ3) is 3.55. The Morgan fingerprint density at radius 1 is 1.43 bits per heavy atom. The molecular formula is C14H12ClN3O3. The first-order valence-corrected chi connectivity index (χ1v) is 6.48. The van der Waals surface area contributed by atoms with Gasteiger partial charge in [0.25, 0.3) is 11.6 Å². The molecule has 21 heavy (non-hydrogen) atoms. The summed E-state index contributed by atoms with van der Waals surface area (Å²) in [6.07, 6.45) is 3.33. The molecule has 6 nitrogen and oxygen atoms in total. The van der Waals surface area contributed by atoms with E-state index in [0.717, 1.165) is 17.2 Å². The van der Waals surface area contributed by atoms with Gasteiger partial charge < -0.3 is 5.32 Å². The molecule has 0 atom stereocenters. The Hall–Kier alpha value is -2.47. The van der Waals surface area contributed by atoms with Crippen LogP contribution >= 0.6 is 11.6 Å². The Labute approximate surface area is 125 Å². The van der Waals surface area contributed by atoms with E-state index in [1.54, 1.807) is 18.5 Å². The van der Waals surface area contributed by atoms with Gasteiger partial charge in [-0.1, -0.05) is 11.6 Å². The highest BCUT2D eigenvalue weighted by molar-refractivity contribution is 6.33. The van der Waals surface area contributed by atoms with Crippen molar-refractivity contribution in [2.45, 2.75) is 13.5 Å². The van der Waals surface area contributed by atoms with Crippen LogP contribution < -0.4 is 5.32 Å². The molecule has 1 heterocycles. The molecule has 0 aliphatic heterocycles. The van der Waals surface area contributed by atoms with E-state index in [1.807, 2.05) is 6.92 Å². The maximum absolute atomic E-state index is 12.1. The topological polar surface area (TPSA) is 85.1 Å². The number of nitro groups is 1. The molecule has 0 fully saturated rings. The van der Waals surface area contributed by atoms with Crippen molar-refractivity contribution in [3.05, 3.63) is 68.5 Å². The first kappa shape index (κ1) is 14.9. The van der Waals surface area contributed by atoms with Gasteiger partial charge in [-0.05, 0) is 30.2 Å². The number of nitrogens with one attached hydrogen (secondary N) is 1. The van der Waals surface area contributed by atoms with Gasteiger partial charge in [-0.2, -0.15) is 0 Å². The quantitative estimate of drug-likeness (QED) is 0.695. The van der Waals surface area contributed by atoms with Gasteiger partial charge in [-0.3, -0.25) is 19.9 Å². The van der Waals surface area contributed by atoms with Crippen molar-refractivity contribution in [1.29, 1.82) is 0 Å². The number of aryl methyl sites for hydroxylation is 1. The smallest absolute Gasteiger partial charge is 0.270 e. The van der Waals surface area contributed by atoms with Crippen LogP contribution in [0.1, 0.15) is 21.5 Å². The standard InChI is InChI=1S/C14H12ClN3O3/c1-9-7-16-5-4-10(9)8-17-14(19)12-6-11(18(20)21)2-3-13(12)15/h2-7H,8H2,1H3,(H,17,19). The molecule has 0 saturated heterocycles. The minimum atomic E-state index is -0.569. The third-order valence-corrected chi connectivity index (χ3v) is 3.31. The van der Waals surface area contributed by atoms with Crippen LogP contribution in [-0.4, -0.2) is 15.8 Å². The summed E-state index contributed by atoms with van der Waals surface area (Å²) in [5.41, 5.74) is 1.77. The number of halogens is 1. The molecule has 0 aliphatic rings. The van der Waals surface area contributed by atoms with E-state index < -0.39 is 10.8 Å². The normalized spacial score (nSPS) is 10.2. The molecule has 2 rings (SSSR count). The molecule has 2 aromatic rings. The molecule has 0 bridgehead atoms. The zero-order valence-electron chi connectivity index (χ0n) is 11.2. The van der Waals surface area contributed by atoms with E-state index in [0.29, 0.717) is 6.54 Å². The Balaban J connectivity index is 2.15. The van der Waals surface area contributed by atoms with E-state index in [2.05, 4.69) is 10.3 Å². The SMILES string of the molecule is Cc1cnccc1CNC(=O)c1cc([N+](=O)[O-])ccc1Cl. The maximum atomic E-state index is 12.1. The highest BCUT2D eigenvalue weighted by Crippen LogP contribution is 2.22. The summed E-state index contributed by atoms with van der Waals surface area (Å²) >= 11 is 5.92. The van der Waals surface area contributed by atoms with Crippen molar-refractivity contribution < 1.29 is 9.72 Å². The number of aromatic nitrogens is 1. The number of benzene rings is 1. The van der Waals surface area contributed by atoms with Crippen LogP contribution in [-0.2, 0) is 6.54 Å². The third-order valence-electron chi connectivity index (χ3n) is 2.98. The summed E-state index contributed by atoms with van der Waals surface area (Å²) < 4.78 is 0. The van der Waals surface area contributed by atoms with Gasteiger partial charge in [-0.25, -0.2) is 0 Å². The van der Waals surface area contributed by atoms with Gasteiger partial charge in [0.2, 0.25) is 0 Å². The minimum absolute atomic E-state index is 0.0811. The number of rotatable bonds is 4. The monoisotopic (exact) mass is 305 g/mol. The first-order chi connectivity index (χ1) is 9.99. The van der Waals surface area contributed by atoms with Gasteiger partial charge in [-0.15, -0.1) is 0 Å². The lowest BCUT2D eigenvalue weighted by Crippen LogP contribution is -2.23. The minimum Gasteiger partial charge on any atom is -0.348 e. The van der Waals surface area contributed by atoms with Crippen molar-refractivity contribution >= 4 is 23.2 Å². The molecule has 0 aliphatic carbocycles. The number of hydrogen-bond donors (Lipinski definition) is 1. The molecule has 0 unspecified atom stereocenters. The summed E-state index contributed by atoms with van der Waals surface area (Å²) in [5, 5.41) is 13.6. The molecule has 0 spiro atoms. The number of pyridine rings is 1. The predicted octanol–water partition coefficient (Wildman–Crippen LogP) is 2.88. The molecular weight excluding hydrogens is 294 g/mol. The van der Waals surface area contributed by atoms with E-state index in [9.17, 15) is 14.9 Å². The summed E-state index contributed by atoms with van der Waals surface area (Å²) in [5.74, 6) is -0.458. The highest BCUT2D eigenvalue weighted by Gasteiger charge is 2.15. The highest BCUT2D eigenvalue weighted by atomic mass is 35.5. The number of hydrogen-bond acceptors (Lipinski definition) is 4. The summed E-state index contributed by atoms with van der Waals surface area (Å²) in [6.45, 7) is 2.18. The van der Waals surface area contributed by atoms with E-state index in [-0.39, 0.29) is 16.3 Å². The summed E-state index contributed by atoms with van der Waals surface area (Å²) in [6, 6.07) is 5.56. The molecule has 108 valence electrons. The Bertz CT molecular complexity index is 704. The summed E-state index contributed by atoms with van der Waals surface area (Å²) in [7, 11) is 0. The van der Waals surface area contributed by atoms with Crippen LogP contribution in [0.15, 0.2) is 36.7 Å². The second kappa shape index (κ2) is 6.32. The number of non-ortho nitro benzene ring substituents is 1. The number of nitrogens with zero attached hydrogens (tertiary/aromatic N) is 2. The fourth-order valence-electron chi connectivity index (χ4n) is 1.77. The van der Waals surface area contributed by atoms with Gasteiger partial charge in [0.05, 0.1) is 15.5 Å². The zero-order chi connectivity index (χ0) is 15.4. The lowest BCUT2D eigenvalue weighted by atomic mass is 10.1. The van der Waals surface area contributed by atoms with E-state index >= 15 is 0 Å². The van der Waals surface area contributed by atoms with Crippen molar-refractivity contribution in [2.75, 3.05) is 0 Å². The van der Waals surface area contributed by atoms with Crippen LogP contribution in [0.5, 0.6) is 0 Å². The fourth-order valence-corrected chi connectivity index (χ4v) is 1.98. The molecule has 1 aromatic heterocycles. The Morgan fingerprint density at radius 2 is 2.19 bits per heavy atom. The molecule has 1 N–H and O–H groups in total. The molecule has 7 heteroatoms. The number of carbonyl (C=O) groups is 1. The van der Waals surface area contributed by atoms with Crippen molar-refractivity contribution in [3.63, 3.8) is 0 Å². The second-order valence-electron chi connectivity index (χ2n) is 4.41. The molecule has 1 amide bonds. The number of nitro benzene ring substituents is 1. The fraction of sp³-hybridized carbons (Fsp3) is 0.143. The molecule has 0 radical (unpaired) electrons. The average Bonchev–Trinajstić information content (AvgIpc) is 2.46. The van der Waals surface area contributed by atoms with Crippen molar-refractivity contribution in [1.82, 2.24) is 10.3 Å². The van der Waals surface area contributed by atoms with Crippen LogP contribution in [0, 0.1) is 17.0 Å². The van der Waals surface area contributed by atoms with E-state index in [1.165, 1.54) is 12.1 Å². The lowest BCUT2D eigenvalue weighted by molar-refractivity contribution is -0.384. The second-order valence-corrected chi connectivity index (χ2v) is 4.81. The summed E-state index contributed by atoms with van der Waals surface area (Å²) in [4.78, 5) is 26.2. The van der Waals surface area contributed by atoms with Gasteiger partial charge in [0.1, 0.15) is 0 Å². The average molecular weight is 306 g/mol. The Morgan fingerprint density at radius 3 is 2.86 bits per heavy atom. The van der Waals surface area contributed by atoms with Gasteiger partial charge in [0.15, 0.2) is 0 Å². The van der Waals surface area contributed by atoms with Crippen LogP contribution in [0.4, 0.5) is 5.69 Å². The van der Waals surface area contributed by atoms with Crippen molar-refractivity contribution in [3.8, 4) is 0 Å². The van der Waals surface area contributed by atoms with Crippen molar-refractivity contribution in [2.24, 2.45) is 0 Å².